The third-order valence-electron chi connectivity index (χ3n) is 13.9. The van der Waals surface area contributed by atoms with Crippen LogP contribution in [0.1, 0.15) is 114 Å². The van der Waals surface area contributed by atoms with Crippen LogP contribution in [0.15, 0.2) is 125 Å². The highest BCUT2D eigenvalue weighted by Gasteiger charge is 2.48. The van der Waals surface area contributed by atoms with Gasteiger partial charge in [0.25, 0.3) is 0 Å². The van der Waals surface area contributed by atoms with Gasteiger partial charge in [-0.25, -0.2) is 5.87 Å². The number of Topliss-reactive ketones (excluding diaryl/α,β-unsaturated/α-hetero) is 1. The van der Waals surface area contributed by atoms with E-state index >= 15 is 0 Å². The van der Waals surface area contributed by atoms with E-state index in [4.69, 9.17) is 0 Å². The van der Waals surface area contributed by atoms with Gasteiger partial charge < -0.3 is 10.3 Å². The van der Waals surface area contributed by atoms with E-state index in [1.54, 1.807) is 0 Å². The molecule has 0 aromatic heterocycles. The second-order valence-corrected chi connectivity index (χ2v) is 18.0. The Morgan fingerprint density at radius 3 is 2.02 bits per heavy atom. The highest BCUT2D eigenvalue weighted by Crippen LogP contribution is 2.53. The topological polar surface area (TPSA) is 69.4 Å². The molecule has 4 aromatic carbocycles. The van der Waals surface area contributed by atoms with Crippen molar-refractivity contribution in [2.24, 2.45) is 0 Å². The molecule has 0 radical (unpaired) electrons. The van der Waals surface area contributed by atoms with Gasteiger partial charge in [-0.05, 0) is 90.6 Å². The number of aryl methyl sites for hydroxylation is 2. The molecule has 5 heteroatoms. The van der Waals surface area contributed by atoms with Crippen molar-refractivity contribution in [1.29, 1.82) is 5.26 Å². The minimum absolute atomic E-state index is 0.0269. The van der Waals surface area contributed by atoms with Crippen LogP contribution in [0.3, 0.4) is 0 Å². The first-order chi connectivity index (χ1) is 28.3. The number of allylic oxidation sites excluding steroid dienone is 7. The zero-order chi connectivity index (χ0) is 41.9. The van der Waals surface area contributed by atoms with E-state index in [0.717, 1.165) is 74.4 Å². The fourth-order valence-corrected chi connectivity index (χ4v) is 10.4. The summed E-state index contributed by atoms with van der Waals surface area (Å²) in [5.74, 6) is 2.03. The van der Waals surface area contributed by atoms with Crippen LogP contribution < -0.4 is 4.90 Å². The molecule has 0 saturated carbocycles. The third kappa shape index (κ3) is 6.23. The van der Waals surface area contributed by atoms with Crippen LogP contribution in [0.2, 0.25) is 0 Å². The Balaban J connectivity index is 1.22. The van der Waals surface area contributed by atoms with Crippen molar-refractivity contribution in [2.75, 3.05) is 18.0 Å². The normalized spacial score (nSPS) is 19.0. The lowest BCUT2D eigenvalue weighted by Gasteiger charge is -2.30. The summed E-state index contributed by atoms with van der Waals surface area (Å²) in [5, 5.41) is 20.7. The number of ketones is 1. The summed E-state index contributed by atoms with van der Waals surface area (Å²) in [6.45, 7) is 19.5. The summed E-state index contributed by atoms with van der Waals surface area (Å²) in [6, 6.07) is 33.3. The zero-order valence-electron chi connectivity index (χ0n) is 36.1. The Kier molecular flexibility index (Phi) is 10.2. The highest BCUT2D eigenvalue weighted by atomic mass is 16.1. The van der Waals surface area contributed by atoms with Crippen LogP contribution in [-0.4, -0.2) is 35.0 Å². The number of nitrogens with zero attached hydrogens (tertiary/aromatic N) is 4. The van der Waals surface area contributed by atoms with Gasteiger partial charge in [0, 0.05) is 69.6 Å². The maximum absolute atomic E-state index is 14.6. The molecule has 2 aliphatic carbocycles. The van der Waals surface area contributed by atoms with Crippen LogP contribution in [0.5, 0.6) is 0 Å². The van der Waals surface area contributed by atoms with E-state index < -0.39 is 5.41 Å². The first kappa shape index (κ1) is 40.0. The average Bonchev–Trinajstić information content (AvgIpc) is 3.72. The Bertz CT molecular complexity index is 2590. The van der Waals surface area contributed by atoms with Crippen molar-refractivity contribution < 1.29 is 9.37 Å². The lowest BCUT2D eigenvalue weighted by Crippen LogP contribution is -2.33. The number of benzene rings is 4. The molecule has 0 unspecified atom stereocenters. The number of carbonyl (C=O) groups is 1. The summed E-state index contributed by atoms with van der Waals surface area (Å²) in [5.41, 5.74) is 15.4. The highest BCUT2D eigenvalue weighted by molar-refractivity contribution is 6.27. The van der Waals surface area contributed by atoms with Gasteiger partial charge in [-0.3, -0.25) is 4.79 Å². The molecule has 0 fully saturated rings. The fourth-order valence-electron chi connectivity index (χ4n) is 10.4. The van der Waals surface area contributed by atoms with Crippen molar-refractivity contribution >= 4 is 28.7 Å². The standard InChI is InChI=1S/C54H56N4O/c1-9-12-27-57-46-20-15-13-18-42(46)52(4,5)48(57)31-40-50(37(33-55)34-56)41(51(40)59)32-49-53(6,7)43-19-14-16-21-47(43)58(49)28-17-26-54(8)44-29-35(10-2)22-24-38(44)39-25-23-36(11-3)30-45(39)54/h13-16,18-25,29-32H,9-12,17,26-28H2,1-8H3. The van der Waals surface area contributed by atoms with E-state index in [1.807, 2.05) is 12.2 Å². The van der Waals surface area contributed by atoms with E-state index in [-0.39, 0.29) is 22.2 Å². The first-order valence-electron chi connectivity index (χ1n) is 21.6. The fraction of sp³-hybridized carbons (Fsp3) is 0.352. The van der Waals surface area contributed by atoms with Crippen molar-refractivity contribution in [2.45, 2.75) is 110 Å². The average molecular weight is 777 g/mol. The number of carbonyl (C=O) groups excluding carboxylic acids is 1. The van der Waals surface area contributed by atoms with Gasteiger partial charge in [0.05, 0.1) is 11.0 Å². The molecular weight excluding hydrogens is 721 g/mol. The lowest BCUT2D eigenvalue weighted by molar-refractivity contribution is -0.438. The lowest BCUT2D eigenvalue weighted by atomic mass is 9.73. The second-order valence-electron chi connectivity index (χ2n) is 18.0. The molecule has 0 amide bonds. The SMILES string of the molecule is CCCCN1/C(=C/C2=C(C(=C=[N-])C#N)C(=C/C3=[N+](CCCC4(C)c5cc(CC)ccc5-c5ccc(CC)cc54)c4ccccc4C3(C)C)/C2=O)C(C)(C)c2ccccc21. The van der Waals surface area contributed by atoms with Gasteiger partial charge in [0.15, 0.2) is 11.5 Å². The van der Waals surface area contributed by atoms with Gasteiger partial charge in [-0.2, -0.15) is 9.84 Å². The molecular formula is C54H56N4O. The molecule has 0 bridgehead atoms. The first-order valence-corrected chi connectivity index (χ1v) is 21.6. The molecule has 298 valence electrons. The molecule has 2 heterocycles. The Hall–Kier alpha value is -5.82. The smallest absolute Gasteiger partial charge is 0.209 e. The minimum Gasteiger partial charge on any atom is -0.762 e. The molecule has 8 rings (SSSR count). The van der Waals surface area contributed by atoms with Gasteiger partial charge in [-0.1, -0.05) is 121 Å². The third-order valence-corrected chi connectivity index (χ3v) is 13.9. The molecule has 4 aromatic rings. The van der Waals surface area contributed by atoms with Crippen molar-refractivity contribution in [1.82, 2.24) is 0 Å². The number of unbranched alkanes of at least 4 members (excludes halogenated alkanes) is 1. The summed E-state index contributed by atoms with van der Waals surface area (Å²) in [6.07, 6.45) is 9.90. The molecule has 0 saturated heterocycles. The molecule has 0 N–H and O–H groups in total. The summed E-state index contributed by atoms with van der Waals surface area (Å²) in [4.78, 5) is 16.9. The monoisotopic (exact) mass is 776 g/mol. The van der Waals surface area contributed by atoms with E-state index in [1.165, 1.54) is 44.5 Å². The number of fused-ring (bicyclic) bond motifs is 5. The second kappa shape index (κ2) is 15.1. The number of hydrogen-bond donors (Lipinski definition) is 0. The van der Waals surface area contributed by atoms with E-state index in [9.17, 15) is 15.5 Å². The van der Waals surface area contributed by atoms with Crippen LogP contribution >= 0.6 is 0 Å². The van der Waals surface area contributed by atoms with Crippen molar-refractivity contribution in [3.8, 4) is 17.2 Å². The largest absolute Gasteiger partial charge is 0.762 e. The number of anilines is 1. The summed E-state index contributed by atoms with van der Waals surface area (Å²) >= 11 is 0. The Morgan fingerprint density at radius 1 is 0.780 bits per heavy atom. The summed E-state index contributed by atoms with van der Waals surface area (Å²) in [7, 11) is 0. The number of hydrogen-bond acceptors (Lipinski definition) is 3. The van der Waals surface area contributed by atoms with Crippen LogP contribution in [0, 0.1) is 11.3 Å². The predicted molar refractivity (Wildman–Crippen MR) is 243 cm³/mol. The number of rotatable bonds is 12. The molecule has 59 heavy (non-hydrogen) atoms. The van der Waals surface area contributed by atoms with Crippen LogP contribution in [0.25, 0.3) is 16.5 Å². The molecule has 0 spiro atoms. The Morgan fingerprint density at radius 2 is 1.41 bits per heavy atom. The number of nitriles is 1. The van der Waals surface area contributed by atoms with Gasteiger partial charge in [0.2, 0.25) is 5.69 Å². The van der Waals surface area contributed by atoms with E-state index in [2.05, 4.69) is 162 Å². The molecule has 5 nitrogen and oxygen atoms in total. The molecule has 4 aliphatic rings. The summed E-state index contributed by atoms with van der Waals surface area (Å²) < 4.78 is 2.40. The quantitative estimate of drug-likeness (QED) is 0.0623. The van der Waals surface area contributed by atoms with Gasteiger partial charge >= 0.3 is 0 Å². The van der Waals surface area contributed by atoms with Crippen molar-refractivity contribution in [3.05, 3.63) is 164 Å². The maximum atomic E-state index is 14.6. The van der Waals surface area contributed by atoms with Gasteiger partial charge in [0.1, 0.15) is 12.6 Å². The van der Waals surface area contributed by atoms with Crippen LogP contribution in [-0.2, 0) is 33.9 Å². The van der Waals surface area contributed by atoms with E-state index in [0.29, 0.717) is 16.7 Å². The molecule has 0 atom stereocenters. The Labute approximate surface area is 351 Å². The molecule has 2 aliphatic heterocycles. The number of para-hydroxylation sites is 2. The van der Waals surface area contributed by atoms with Gasteiger partial charge in [-0.15, -0.1) is 0 Å². The zero-order valence-corrected chi connectivity index (χ0v) is 36.1. The predicted octanol–water partition coefficient (Wildman–Crippen LogP) is 11.9. The van der Waals surface area contributed by atoms with Crippen LogP contribution in [0.4, 0.5) is 11.4 Å². The van der Waals surface area contributed by atoms with Crippen molar-refractivity contribution in [3.63, 3.8) is 0 Å². The minimum atomic E-state index is -0.419. The maximum Gasteiger partial charge on any atom is 0.209 e.